The number of nitrogens with zero attached hydrogens (tertiary/aromatic N) is 1. The molecule has 26 heavy (non-hydrogen) atoms. The van der Waals surface area contributed by atoms with Gasteiger partial charge in [0.1, 0.15) is 18.1 Å². The predicted molar refractivity (Wildman–Crippen MR) is 98.1 cm³/mol. The zero-order valence-corrected chi connectivity index (χ0v) is 15.5. The lowest BCUT2D eigenvalue weighted by Gasteiger charge is -2.12. The Balaban J connectivity index is 1.95. The van der Waals surface area contributed by atoms with Crippen LogP contribution >= 0.6 is 0 Å². The fourth-order valence-electron chi connectivity index (χ4n) is 2.19. The van der Waals surface area contributed by atoms with Gasteiger partial charge < -0.3 is 18.7 Å². The second-order valence-corrected chi connectivity index (χ2v) is 5.71. The zero-order chi connectivity index (χ0) is 18.8. The van der Waals surface area contributed by atoms with E-state index in [0.29, 0.717) is 36.2 Å². The molecule has 0 aliphatic rings. The summed E-state index contributed by atoms with van der Waals surface area (Å²) in [6, 6.07) is 7.29. The first-order chi connectivity index (χ1) is 12.6. The summed E-state index contributed by atoms with van der Waals surface area (Å²) in [5.74, 6) is 1.60. The number of benzene rings is 1. The first kappa shape index (κ1) is 19.6. The summed E-state index contributed by atoms with van der Waals surface area (Å²) in [7, 11) is 0. The maximum atomic E-state index is 11.8. The molecule has 140 valence electrons. The van der Waals surface area contributed by atoms with E-state index in [1.165, 1.54) is 6.08 Å². The van der Waals surface area contributed by atoms with Gasteiger partial charge in [-0.15, -0.1) is 0 Å². The summed E-state index contributed by atoms with van der Waals surface area (Å²) in [6.07, 6.45) is 5.11. The number of aromatic nitrogens is 1. The molecule has 0 fully saturated rings. The molecule has 1 heterocycles. The van der Waals surface area contributed by atoms with Gasteiger partial charge in [-0.05, 0) is 44.0 Å². The van der Waals surface area contributed by atoms with Crippen LogP contribution in [0.4, 0.5) is 0 Å². The topological polar surface area (TPSA) is 70.8 Å². The Labute approximate surface area is 153 Å². The van der Waals surface area contributed by atoms with E-state index in [1.807, 2.05) is 25.1 Å². The van der Waals surface area contributed by atoms with Crippen LogP contribution in [0.3, 0.4) is 0 Å². The largest absolute Gasteiger partial charge is 0.490 e. The Morgan fingerprint density at radius 2 is 2.04 bits per heavy atom. The lowest BCUT2D eigenvalue weighted by Crippen LogP contribution is -2.01. The first-order valence-electron chi connectivity index (χ1n) is 8.79. The standard InChI is InChI=1S/C20H25NO5/c1-4-6-11-24-18-9-7-16(13-19(18)23-5-2)8-10-20(22)25-14-17-12-15(3)26-21-17/h7-10,12-13H,4-6,11,14H2,1-3H3/b10-8+. The Morgan fingerprint density at radius 3 is 2.73 bits per heavy atom. The van der Waals surface area contributed by atoms with Crippen LogP contribution in [0.2, 0.25) is 0 Å². The Bertz CT molecular complexity index is 736. The smallest absolute Gasteiger partial charge is 0.331 e. The lowest BCUT2D eigenvalue weighted by molar-refractivity contribution is -0.139. The highest BCUT2D eigenvalue weighted by molar-refractivity contribution is 5.87. The molecule has 0 radical (unpaired) electrons. The predicted octanol–water partition coefficient (Wildman–Crippen LogP) is 4.32. The van der Waals surface area contributed by atoms with Crippen LogP contribution in [0.1, 0.15) is 43.7 Å². The van der Waals surface area contributed by atoms with Crippen molar-refractivity contribution in [2.45, 2.75) is 40.2 Å². The SMILES string of the molecule is CCCCOc1ccc(/C=C/C(=O)OCc2cc(C)on2)cc1OCC. The maximum absolute atomic E-state index is 11.8. The fourth-order valence-corrected chi connectivity index (χ4v) is 2.19. The molecule has 0 bridgehead atoms. The monoisotopic (exact) mass is 359 g/mol. The van der Waals surface area contributed by atoms with Crippen LogP contribution in [0, 0.1) is 6.92 Å². The summed E-state index contributed by atoms with van der Waals surface area (Å²) < 4.78 is 21.4. The Kier molecular flexibility index (Phi) is 7.74. The molecule has 0 aliphatic carbocycles. The molecule has 1 aromatic heterocycles. The Hall–Kier alpha value is -2.76. The molecule has 0 saturated carbocycles. The fraction of sp³-hybridized carbons (Fsp3) is 0.400. The molecular weight excluding hydrogens is 334 g/mol. The van der Waals surface area contributed by atoms with Crippen LogP contribution in [0.15, 0.2) is 34.9 Å². The molecule has 0 saturated heterocycles. The molecule has 0 unspecified atom stereocenters. The van der Waals surface area contributed by atoms with Crippen LogP contribution in [0.5, 0.6) is 11.5 Å². The van der Waals surface area contributed by atoms with Gasteiger partial charge in [-0.1, -0.05) is 24.6 Å². The van der Waals surface area contributed by atoms with Gasteiger partial charge in [0.05, 0.1) is 13.2 Å². The quantitative estimate of drug-likeness (QED) is 0.357. The summed E-state index contributed by atoms with van der Waals surface area (Å²) in [6.45, 7) is 7.08. The van der Waals surface area contributed by atoms with E-state index in [-0.39, 0.29) is 6.61 Å². The van der Waals surface area contributed by atoms with Crippen molar-refractivity contribution in [3.8, 4) is 11.5 Å². The molecule has 0 atom stereocenters. The van der Waals surface area contributed by atoms with E-state index in [2.05, 4.69) is 12.1 Å². The number of hydrogen-bond donors (Lipinski definition) is 0. The van der Waals surface area contributed by atoms with Crippen molar-refractivity contribution in [1.82, 2.24) is 5.16 Å². The Morgan fingerprint density at radius 1 is 1.19 bits per heavy atom. The zero-order valence-electron chi connectivity index (χ0n) is 15.5. The molecule has 1 aromatic carbocycles. The minimum absolute atomic E-state index is 0.0783. The molecule has 6 nitrogen and oxygen atoms in total. The highest BCUT2D eigenvalue weighted by atomic mass is 16.5. The van der Waals surface area contributed by atoms with Gasteiger partial charge in [-0.3, -0.25) is 0 Å². The second-order valence-electron chi connectivity index (χ2n) is 5.71. The van der Waals surface area contributed by atoms with Gasteiger partial charge in [0, 0.05) is 12.1 Å². The number of carbonyl (C=O) groups excluding carboxylic acids is 1. The van der Waals surface area contributed by atoms with Crippen molar-refractivity contribution in [3.05, 3.63) is 47.4 Å². The van der Waals surface area contributed by atoms with E-state index >= 15 is 0 Å². The van der Waals surface area contributed by atoms with Crippen LogP contribution in [-0.2, 0) is 16.1 Å². The number of esters is 1. The number of hydrogen-bond acceptors (Lipinski definition) is 6. The van der Waals surface area contributed by atoms with E-state index in [0.717, 1.165) is 18.4 Å². The highest BCUT2D eigenvalue weighted by Gasteiger charge is 2.07. The van der Waals surface area contributed by atoms with Gasteiger partial charge in [0.25, 0.3) is 0 Å². The third-order valence-electron chi connectivity index (χ3n) is 3.47. The van der Waals surface area contributed by atoms with Gasteiger partial charge in [0.15, 0.2) is 11.5 Å². The third kappa shape index (κ3) is 6.27. The van der Waals surface area contributed by atoms with Crippen molar-refractivity contribution in [3.63, 3.8) is 0 Å². The maximum Gasteiger partial charge on any atom is 0.331 e. The molecule has 6 heteroatoms. The van der Waals surface area contributed by atoms with E-state index in [1.54, 1.807) is 19.1 Å². The highest BCUT2D eigenvalue weighted by Crippen LogP contribution is 2.29. The molecular formula is C20H25NO5. The molecule has 2 rings (SSSR count). The van der Waals surface area contributed by atoms with Crippen molar-refractivity contribution < 1.29 is 23.5 Å². The average molecular weight is 359 g/mol. The number of rotatable bonds is 10. The van der Waals surface area contributed by atoms with Crippen molar-refractivity contribution in [1.29, 1.82) is 0 Å². The summed E-state index contributed by atoms with van der Waals surface area (Å²) in [5.41, 5.74) is 1.40. The molecule has 0 aliphatic heterocycles. The summed E-state index contributed by atoms with van der Waals surface area (Å²) in [4.78, 5) is 11.8. The van der Waals surface area contributed by atoms with Crippen molar-refractivity contribution in [2.24, 2.45) is 0 Å². The van der Waals surface area contributed by atoms with Crippen LogP contribution in [0.25, 0.3) is 6.08 Å². The number of unbranched alkanes of at least 4 members (excludes halogenated alkanes) is 1. The van der Waals surface area contributed by atoms with Gasteiger partial charge in [-0.2, -0.15) is 0 Å². The summed E-state index contributed by atoms with van der Waals surface area (Å²) in [5, 5.41) is 3.77. The third-order valence-corrected chi connectivity index (χ3v) is 3.47. The summed E-state index contributed by atoms with van der Waals surface area (Å²) >= 11 is 0. The second kappa shape index (κ2) is 10.3. The minimum Gasteiger partial charge on any atom is -0.490 e. The molecule has 2 aromatic rings. The molecule has 0 amide bonds. The van der Waals surface area contributed by atoms with E-state index in [9.17, 15) is 4.79 Å². The van der Waals surface area contributed by atoms with E-state index < -0.39 is 5.97 Å². The van der Waals surface area contributed by atoms with Crippen molar-refractivity contribution >= 4 is 12.0 Å². The molecule has 0 N–H and O–H groups in total. The van der Waals surface area contributed by atoms with Gasteiger partial charge >= 0.3 is 5.97 Å². The number of ether oxygens (including phenoxy) is 3. The number of carbonyl (C=O) groups is 1. The molecule has 0 spiro atoms. The van der Waals surface area contributed by atoms with Crippen molar-refractivity contribution in [2.75, 3.05) is 13.2 Å². The normalized spacial score (nSPS) is 10.9. The number of aryl methyl sites for hydroxylation is 1. The van der Waals surface area contributed by atoms with Crippen LogP contribution in [-0.4, -0.2) is 24.3 Å². The van der Waals surface area contributed by atoms with Gasteiger partial charge in [-0.25, -0.2) is 4.79 Å². The van der Waals surface area contributed by atoms with Crippen LogP contribution < -0.4 is 9.47 Å². The average Bonchev–Trinajstić information content (AvgIpc) is 3.05. The first-order valence-corrected chi connectivity index (χ1v) is 8.79. The lowest BCUT2D eigenvalue weighted by atomic mass is 10.2. The van der Waals surface area contributed by atoms with E-state index in [4.69, 9.17) is 18.7 Å². The van der Waals surface area contributed by atoms with Gasteiger partial charge in [0.2, 0.25) is 0 Å². The minimum atomic E-state index is -0.452.